The number of nitrogens with one attached hydrogen (secondary N) is 1. The Morgan fingerprint density at radius 2 is 2.29 bits per heavy atom. The molecule has 0 aliphatic carbocycles. The largest absolute Gasteiger partial charge is 0.508 e. The van der Waals surface area contributed by atoms with E-state index in [1.54, 1.807) is 19.2 Å². The zero-order valence-corrected chi connectivity index (χ0v) is 9.97. The van der Waals surface area contributed by atoms with Crippen LogP contribution in [0.3, 0.4) is 0 Å². The van der Waals surface area contributed by atoms with Crippen molar-refractivity contribution in [1.29, 1.82) is 0 Å². The first-order valence-electron chi connectivity index (χ1n) is 5.32. The average Bonchev–Trinajstić information content (AvgIpc) is 2.27. The monoisotopic (exact) mass is 239 g/mol. The summed E-state index contributed by atoms with van der Waals surface area (Å²) in [6.45, 7) is 2.21. The molecule has 0 fully saturated rings. The Hall–Kier alpha value is -1.75. The third-order valence-corrected chi connectivity index (χ3v) is 2.01. The van der Waals surface area contributed by atoms with E-state index < -0.39 is 0 Å². The molecule has 1 aromatic rings. The van der Waals surface area contributed by atoms with Crippen LogP contribution in [-0.2, 0) is 9.53 Å². The molecule has 1 aromatic carbocycles. The van der Waals surface area contributed by atoms with Crippen molar-refractivity contribution in [3.8, 4) is 11.5 Å². The standard InChI is InChI=1S/C12H17NO4/c1-9(7-16-2)13-12(15)8-17-11-5-3-4-10(14)6-11/h3-6,9,14H,7-8H2,1-2H3,(H,13,15). The molecular formula is C12H17NO4. The molecule has 5 heteroatoms. The summed E-state index contributed by atoms with van der Waals surface area (Å²) in [4.78, 5) is 11.4. The number of carbonyl (C=O) groups excluding carboxylic acids is 1. The normalized spacial score (nSPS) is 11.9. The minimum atomic E-state index is -0.224. The molecule has 0 bridgehead atoms. The first-order chi connectivity index (χ1) is 8.11. The molecule has 0 aliphatic rings. The number of phenols is 1. The fourth-order valence-corrected chi connectivity index (χ4v) is 1.33. The number of hydrogen-bond donors (Lipinski definition) is 2. The molecular weight excluding hydrogens is 222 g/mol. The molecule has 0 saturated carbocycles. The Labute approximate surface area is 100 Å². The smallest absolute Gasteiger partial charge is 0.258 e. The van der Waals surface area contributed by atoms with Crippen LogP contribution in [0.1, 0.15) is 6.92 Å². The van der Waals surface area contributed by atoms with Gasteiger partial charge in [-0.25, -0.2) is 0 Å². The van der Waals surface area contributed by atoms with Gasteiger partial charge in [0.25, 0.3) is 5.91 Å². The van der Waals surface area contributed by atoms with E-state index in [2.05, 4.69) is 5.32 Å². The fraction of sp³-hybridized carbons (Fsp3) is 0.417. The van der Waals surface area contributed by atoms with E-state index in [-0.39, 0.29) is 24.3 Å². The summed E-state index contributed by atoms with van der Waals surface area (Å²) in [6, 6.07) is 6.25. The fourth-order valence-electron chi connectivity index (χ4n) is 1.33. The van der Waals surface area contributed by atoms with Crippen LogP contribution in [0.4, 0.5) is 0 Å². The SMILES string of the molecule is COCC(C)NC(=O)COc1cccc(O)c1. The highest BCUT2D eigenvalue weighted by atomic mass is 16.5. The summed E-state index contributed by atoms with van der Waals surface area (Å²) in [5, 5.41) is 11.9. The molecule has 0 saturated heterocycles. The molecule has 1 rings (SSSR count). The van der Waals surface area contributed by atoms with Gasteiger partial charge < -0.3 is 19.9 Å². The minimum absolute atomic E-state index is 0.0553. The van der Waals surface area contributed by atoms with Crippen LogP contribution < -0.4 is 10.1 Å². The third kappa shape index (κ3) is 5.21. The molecule has 17 heavy (non-hydrogen) atoms. The van der Waals surface area contributed by atoms with E-state index in [1.807, 2.05) is 6.92 Å². The first kappa shape index (κ1) is 13.3. The molecule has 2 N–H and O–H groups in total. The lowest BCUT2D eigenvalue weighted by Gasteiger charge is -2.13. The molecule has 0 heterocycles. The summed E-state index contributed by atoms with van der Waals surface area (Å²) in [7, 11) is 1.58. The Balaban J connectivity index is 2.33. The Kier molecular flexibility index (Phi) is 5.29. The van der Waals surface area contributed by atoms with Crippen LogP contribution in [0.25, 0.3) is 0 Å². The van der Waals surface area contributed by atoms with Crippen molar-refractivity contribution in [3.63, 3.8) is 0 Å². The number of amides is 1. The summed E-state index contributed by atoms with van der Waals surface area (Å²) < 4.78 is 10.1. The van der Waals surface area contributed by atoms with Crippen molar-refractivity contribution in [3.05, 3.63) is 24.3 Å². The predicted molar refractivity (Wildman–Crippen MR) is 63.1 cm³/mol. The number of methoxy groups -OCH3 is 1. The highest BCUT2D eigenvalue weighted by Gasteiger charge is 2.07. The molecule has 1 atom stereocenters. The van der Waals surface area contributed by atoms with Gasteiger partial charge in [0.05, 0.1) is 6.61 Å². The minimum Gasteiger partial charge on any atom is -0.508 e. The second-order valence-electron chi connectivity index (χ2n) is 3.71. The van der Waals surface area contributed by atoms with Crippen molar-refractivity contribution in [1.82, 2.24) is 5.32 Å². The van der Waals surface area contributed by atoms with Crippen LogP contribution in [0, 0.1) is 0 Å². The second-order valence-corrected chi connectivity index (χ2v) is 3.71. The number of aromatic hydroxyl groups is 1. The Morgan fingerprint density at radius 3 is 2.94 bits per heavy atom. The van der Waals surface area contributed by atoms with Crippen LogP contribution in [0.2, 0.25) is 0 Å². The Bertz CT molecular complexity index is 367. The van der Waals surface area contributed by atoms with E-state index >= 15 is 0 Å². The lowest BCUT2D eigenvalue weighted by molar-refractivity contribution is -0.124. The van der Waals surface area contributed by atoms with Gasteiger partial charge in [0.2, 0.25) is 0 Å². The number of carbonyl (C=O) groups is 1. The zero-order valence-electron chi connectivity index (χ0n) is 9.97. The number of hydrogen-bond acceptors (Lipinski definition) is 4. The average molecular weight is 239 g/mol. The number of rotatable bonds is 6. The van der Waals surface area contributed by atoms with Crippen LogP contribution >= 0.6 is 0 Å². The van der Waals surface area contributed by atoms with E-state index in [4.69, 9.17) is 9.47 Å². The molecule has 0 radical (unpaired) electrons. The number of phenolic OH excluding ortho intramolecular Hbond substituents is 1. The van der Waals surface area contributed by atoms with Crippen LogP contribution in [0.5, 0.6) is 11.5 Å². The van der Waals surface area contributed by atoms with Gasteiger partial charge in [0, 0.05) is 19.2 Å². The van der Waals surface area contributed by atoms with Gasteiger partial charge in [0.1, 0.15) is 11.5 Å². The zero-order chi connectivity index (χ0) is 12.7. The summed E-state index contributed by atoms with van der Waals surface area (Å²) >= 11 is 0. The van der Waals surface area contributed by atoms with Crippen LogP contribution in [-0.4, -0.2) is 37.4 Å². The number of benzene rings is 1. The predicted octanol–water partition coefficient (Wildman–Crippen LogP) is 0.922. The molecule has 5 nitrogen and oxygen atoms in total. The lowest BCUT2D eigenvalue weighted by atomic mass is 10.3. The topological polar surface area (TPSA) is 67.8 Å². The number of ether oxygens (including phenoxy) is 2. The molecule has 1 unspecified atom stereocenters. The van der Waals surface area contributed by atoms with Crippen LogP contribution in [0.15, 0.2) is 24.3 Å². The molecule has 0 aromatic heterocycles. The first-order valence-corrected chi connectivity index (χ1v) is 5.32. The highest BCUT2D eigenvalue weighted by molar-refractivity contribution is 5.77. The molecule has 94 valence electrons. The molecule has 0 aliphatic heterocycles. The highest BCUT2D eigenvalue weighted by Crippen LogP contribution is 2.17. The summed E-state index contributed by atoms with van der Waals surface area (Å²) in [5.74, 6) is 0.341. The molecule has 0 spiro atoms. The summed E-state index contributed by atoms with van der Waals surface area (Å²) in [6.07, 6.45) is 0. The summed E-state index contributed by atoms with van der Waals surface area (Å²) in [5.41, 5.74) is 0. The van der Waals surface area contributed by atoms with Crippen molar-refractivity contribution in [2.75, 3.05) is 20.3 Å². The van der Waals surface area contributed by atoms with Gasteiger partial charge >= 0.3 is 0 Å². The van der Waals surface area contributed by atoms with Crippen molar-refractivity contribution < 1.29 is 19.4 Å². The van der Waals surface area contributed by atoms with Crippen molar-refractivity contribution >= 4 is 5.91 Å². The maximum Gasteiger partial charge on any atom is 0.258 e. The second kappa shape index (κ2) is 6.75. The Morgan fingerprint density at radius 1 is 1.53 bits per heavy atom. The third-order valence-electron chi connectivity index (χ3n) is 2.01. The van der Waals surface area contributed by atoms with Crippen molar-refractivity contribution in [2.45, 2.75) is 13.0 Å². The van der Waals surface area contributed by atoms with Gasteiger partial charge in [-0.05, 0) is 19.1 Å². The maximum absolute atomic E-state index is 11.4. The van der Waals surface area contributed by atoms with E-state index in [0.29, 0.717) is 12.4 Å². The van der Waals surface area contributed by atoms with Crippen molar-refractivity contribution in [2.24, 2.45) is 0 Å². The van der Waals surface area contributed by atoms with Gasteiger partial charge in [-0.2, -0.15) is 0 Å². The quantitative estimate of drug-likeness (QED) is 0.774. The van der Waals surface area contributed by atoms with Gasteiger partial charge in [-0.3, -0.25) is 4.79 Å². The van der Waals surface area contributed by atoms with E-state index in [9.17, 15) is 9.90 Å². The van der Waals surface area contributed by atoms with E-state index in [0.717, 1.165) is 0 Å². The van der Waals surface area contributed by atoms with Gasteiger partial charge in [-0.15, -0.1) is 0 Å². The van der Waals surface area contributed by atoms with Gasteiger partial charge in [0.15, 0.2) is 6.61 Å². The lowest BCUT2D eigenvalue weighted by Crippen LogP contribution is -2.38. The maximum atomic E-state index is 11.4. The molecule has 1 amide bonds. The van der Waals surface area contributed by atoms with E-state index in [1.165, 1.54) is 12.1 Å². The van der Waals surface area contributed by atoms with Gasteiger partial charge in [-0.1, -0.05) is 6.07 Å².